The van der Waals surface area contributed by atoms with E-state index in [1.807, 2.05) is 25.1 Å². The van der Waals surface area contributed by atoms with Crippen molar-refractivity contribution in [3.05, 3.63) is 35.7 Å². The number of halogens is 1. The zero-order valence-electron chi connectivity index (χ0n) is 9.16. The predicted octanol–water partition coefficient (Wildman–Crippen LogP) is 3.40. The van der Waals surface area contributed by atoms with Crippen molar-refractivity contribution in [1.29, 1.82) is 0 Å². The largest absolute Gasteiger partial charge is 0.496 e. The normalized spacial score (nSPS) is 10.4. The first-order chi connectivity index (χ1) is 7.74. The van der Waals surface area contributed by atoms with Crippen molar-refractivity contribution in [2.45, 2.75) is 12.8 Å². The summed E-state index contributed by atoms with van der Waals surface area (Å²) in [6, 6.07) is 5.82. The summed E-state index contributed by atoms with van der Waals surface area (Å²) < 4.78 is 10.6. The van der Waals surface area contributed by atoms with Gasteiger partial charge in [-0.25, -0.2) is 4.98 Å². The van der Waals surface area contributed by atoms with E-state index >= 15 is 0 Å². The van der Waals surface area contributed by atoms with E-state index in [4.69, 9.17) is 20.8 Å². The molecule has 0 saturated carbocycles. The molecule has 0 atom stereocenters. The molecule has 0 spiro atoms. The molecule has 0 aliphatic carbocycles. The summed E-state index contributed by atoms with van der Waals surface area (Å²) in [5, 5.41) is 0. The molecule has 16 heavy (non-hydrogen) atoms. The minimum absolute atomic E-state index is 0.354. The minimum Gasteiger partial charge on any atom is -0.496 e. The quantitative estimate of drug-likeness (QED) is 0.768. The van der Waals surface area contributed by atoms with Crippen LogP contribution in [0, 0.1) is 6.92 Å². The number of methoxy groups -OCH3 is 1. The number of benzene rings is 1. The standard InChI is InChI=1S/C12H12ClNO2/c1-8-3-4-9(5-11(8)15-2)12-14-10(6-13)7-16-12/h3-5,7H,6H2,1-2H3. The van der Waals surface area contributed by atoms with E-state index in [1.165, 1.54) is 0 Å². The lowest BCUT2D eigenvalue weighted by atomic mass is 10.1. The van der Waals surface area contributed by atoms with Crippen LogP contribution in [0.2, 0.25) is 0 Å². The molecule has 0 amide bonds. The minimum atomic E-state index is 0.354. The smallest absolute Gasteiger partial charge is 0.226 e. The van der Waals surface area contributed by atoms with Gasteiger partial charge >= 0.3 is 0 Å². The van der Waals surface area contributed by atoms with Gasteiger partial charge < -0.3 is 9.15 Å². The molecule has 3 nitrogen and oxygen atoms in total. The highest BCUT2D eigenvalue weighted by atomic mass is 35.5. The zero-order chi connectivity index (χ0) is 11.5. The predicted molar refractivity (Wildman–Crippen MR) is 62.8 cm³/mol. The van der Waals surface area contributed by atoms with Gasteiger partial charge in [0.25, 0.3) is 0 Å². The van der Waals surface area contributed by atoms with Crippen LogP contribution in [-0.4, -0.2) is 12.1 Å². The van der Waals surface area contributed by atoms with Crippen molar-refractivity contribution in [2.75, 3.05) is 7.11 Å². The van der Waals surface area contributed by atoms with E-state index in [1.54, 1.807) is 13.4 Å². The Morgan fingerprint density at radius 1 is 1.44 bits per heavy atom. The van der Waals surface area contributed by atoms with Gasteiger partial charge in [0, 0.05) is 5.56 Å². The maximum atomic E-state index is 5.66. The second-order valence-electron chi connectivity index (χ2n) is 3.46. The lowest BCUT2D eigenvalue weighted by molar-refractivity contribution is 0.411. The molecule has 1 heterocycles. The van der Waals surface area contributed by atoms with Gasteiger partial charge in [-0.05, 0) is 24.6 Å². The van der Waals surface area contributed by atoms with Gasteiger partial charge in [-0.1, -0.05) is 6.07 Å². The Hall–Kier alpha value is -1.48. The number of oxazole rings is 1. The highest BCUT2D eigenvalue weighted by molar-refractivity contribution is 6.16. The average Bonchev–Trinajstić information content (AvgIpc) is 2.78. The molecule has 0 fully saturated rings. The van der Waals surface area contributed by atoms with E-state index in [0.29, 0.717) is 11.8 Å². The Labute approximate surface area is 99.0 Å². The fourth-order valence-corrected chi connectivity index (χ4v) is 1.58. The fraction of sp³-hybridized carbons (Fsp3) is 0.250. The maximum Gasteiger partial charge on any atom is 0.226 e. The van der Waals surface area contributed by atoms with Crippen molar-refractivity contribution in [3.63, 3.8) is 0 Å². The van der Waals surface area contributed by atoms with Crippen molar-refractivity contribution in [3.8, 4) is 17.2 Å². The number of hydrogen-bond donors (Lipinski definition) is 0. The fourth-order valence-electron chi connectivity index (χ4n) is 1.45. The zero-order valence-corrected chi connectivity index (χ0v) is 9.91. The van der Waals surface area contributed by atoms with E-state index in [-0.39, 0.29) is 0 Å². The third kappa shape index (κ3) is 2.04. The van der Waals surface area contributed by atoms with Crippen LogP contribution in [0.4, 0.5) is 0 Å². The molecule has 2 rings (SSSR count). The van der Waals surface area contributed by atoms with Crippen molar-refractivity contribution in [1.82, 2.24) is 4.98 Å². The number of ether oxygens (including phenoxy) is 1. The Morgan fingerprint density at radius 2 is 2.25 bits per heavy atom. The number of aromatic nitrogens is 1. The van der Waals surface area contributed by atoms with Gasteiger partial charge in [0.1, 0.15) is 12.0 Å². The summed E-state index contributed by atoms with van der Waals surface area (Å²) >= 11 is 5.66. The number of nitrogens with zero attached hydrogens (tertiary/aromatic N) is 1. The van der Waals surface area contributed by atoms with Crippen LogP contribution in [0.25, 0.3) is 11.5 Å². The van der Waals surface area contributed by atoms with Crippen LogP contribution in [0.1, 0.15) is 11.3 Å². The first kappa shape index (κ1) is 11.0. The molecule has 1 aromatic heterocycles. The van der Waals surface area contributed by atoms with Crippen LogP contribution in [-0.2, 0) is 5.88 Å². The third-order valence-electron chi connectivity index (χ3n) is 2.34. The summed E-state index contributed by atoms with van der Waals surface area (Å²) in [5.41, 5.74) is 2.70. The number of hydrogen-bond acceptors (Lipinski definition) is 3. The topological polar surface area (TPSA) is 35.3 Å². The molecule has 84 valence electrons. The Balaban J connectivity index is 2.40. The lowest BCUT2D eigenvalue weighted by Gasteiger charge is -2.05. The number of alkyl halides is 1. The van der Waals surface area contributed by atoms with Crippen molar-refractivity contribution < 1.29 is 9.15 Å². The molecule has 0 aliphatic rings. The van der Waals surface area contributed by atoms with E-state index < -0.39 is 0 Å². The first-order valence-corrected chi connectivity index (χ1v) is 5.43. The summed E-state index contributed by atoms with van der Waals surface area (Å²) in [4.78, 5) is 4.25. The van der Waals surface area contributed by atoms with Gasteiger partial charge in [-0.2, -0.15) is 0 Å². The first-order valence-electron chi connectivity index (χ1n) is 4.90. The number of aryl methyl sites for hydroxylation is 1. The highest BCUT2D eigenvalue weighted by Gasteiger charge is 2.08. The Morgan fingerprint density at radius 3 is 2.88 bits per heavy atom. The number of rotatable bonds is 3. The van der Waals surface area contributed by atoms with E-state index in [9.17, 15) is 0 Å². The maximum absolute atomic E-state index is 5.66. The summed E-state index contributed by atoms with van der Waals surface area (Å²) in [5.74, 6) is 1.74. The molecule has 0 radical (unpaired) electrons. The second kappa shape index (κ2) is 4.58. The van der Waals surface area contributed by atoms with Gasteiger partial charge in [0.15, 0.2) is 0 Å². The summed E-state index contributed by atoms with van der Waals surface area (Å²) in [6.07, 6.45) is 1.56. The molecule has 0 saturated heterocycles. The molecule has 1 aromatic carbocycles. The van der Waals surface area contributed by atoms with Crippen molar-refractivity contribution in [2.24, 2.45) is 0 Å². The molecular weight excluding hydrogens is 226 g/mol. The molecule has 0 N–H and O–H groups in total. The average molecular weight is 238 g/mol. The monoisotopic (exact) mass is 237 g/mol. The van der Waals surface area contributed by atoms with E-state index in [0.717, 1.165) is 22.6 Å². The van der Waals surface area contributed by atoms with Crippen molar-refractivity contribution >= 4 is 11.6 Å². The van der Waals surface area contributed by atoms with Crippen LogP contribution >= 0.6 is 11.6 Å². The highest BCUT2D eigenvalue weighted by Crippen LogP contribution is 2.26. The summed E-state index contributed by atoms with van der Waals surface area (Å²) in [6.45, 7) is 1.99. The van der Waals surface area contributed by atoms with Crippen LogP contribution in [0.3, 0.4) is 0 Å². The Kier molecular flexibility index (Phi) is 3.15. The van der Waals surface area contributed by atoms with Crippen LogP contribution < -0.4 is 4.74 Å². The van der Waals surface area contributed by atoms with Crippen LogP contribution in [0.5, 0.6) is 5.75 Å². The third-order valence-corrected chi connectivity index (χ3v) is 2.62. The van der Waals surface area contributed by atoms with Gasteiger partial charge in [0.2, 0.25) is 5.89 Å². The Bertz CT molecular complexity index is 494. The molecule has 0 aliphatic heterocycles. The van der Waals surface area contributed by atoms with Gasteiger partial charge in [-0.15, -0.1) is 11.6 Å². The summed E-state index contributed by atoms with van der Waals surface area (Å²) in [7, 11) is 1.64. The lowest BCUT2D eigenvalue weighted by Crippen LogP contribution is -1.88. The van der Waals surface area contributed by atoms with Gasteiger partial charge in [0.05, 0.1) is 18.7 Å². The van der Waals surface area contributed by atoms with Crippen LogP contribution in [0.15, 0.2) is 28.9 Å². The molecule has 2 aromatic rings. The van der Waals surface area contributed by atoms with Gasteiger partial charge in [-0.3, -0.25) is 0 Å². The molecule has 0 bridgehead atoms. The molecular formula is C12H12ClNO2. The second-order valence-corrected chi connectivity index (χ2v) is 3.73. The SMILES string of the molecule is COc1cc(-c2nc(CCl)co2)ccc1C. The van der Waals surface area contributed by atoms with E-state index in [2.05, 4.69) is 4.98 Å². The molecule has 0 unspecified atom stereocenters. The molecule has 4 heteroatoms.